The minimum Gasteiger partial charge on any atom is -0.286 e. The SMILES string of the molecule is [2H]c1cnn([2H])c1. The highest BCUT2D eigenvalue weighted by molar-refractivity contribution is 4.72. The molecule has 0 aliphatic carbocycles. The molecule has 5 heavy (non-hydrogen) atoms. The van der Waals surface area contributed by atoms with Crippen LogP contribution in [0, 0.1) is 0 Å². The van der Waals surface area contributed by atoms with Gasteiger partial charge in [-0.05, 0) is 6.04 Å². The quantitative estimate of drug-likeness (QED) is 0.470. The second kappa shape index (κ2) is 0.885. The summed E-state index contributed by atoms with van der Waals surface area (Å²) in [7, 11) is 0. The third-order valence-corrected chi connectivity index (χ3v) is 0.331. The summed E-state index contributed by atoms with van der Waals surface area (Å²) in [5, 5.41) is 4.26. The summed E-state index contributed by atoms with van der Waals surface area (Å²) < 4.78 is 13.5. The molecule has 2 nitrogen and oxygen atoms in total. The lowest BCUT2D eigenvalue weighted by molar-refractivity contribution is 1.09. The number of aromatic amines is 1. The van der Waals surface area contributed by atoms with E-state index in [0.717, 1.165) is 5.09 Å². The van der Waals surface area contributed by atoms with Crippen LogP contribution in [0.15, 0.2) is 18.4 Å². The highest BCUT2D eigenvalue weighted by Gasteiger charge is 1.56. The van der Waals surface area contributed by atoms with Gasteiger partial charge in [-0.1, -0.05) is 0 Å². The lowest BCUT2D eigenvalue weighted by atomic mass is 10.8. The van der Waals surface area contributed by atoms with Crippen LogP contribution in [-0.2, 0) is 0 Å². The molecule has 0 saturated carbocycles. The summed E-state index contributed by atoms with van der Waals surface area (Å²) >= 11 is 0. The van der Waals surface area contributed by atoms with Crippen molar-refractivity contribution in [3.63, 3.8) is 0 Å². The van der Waals surface area contributed by atoms with Crippen molar-refractivity contribution in [1.82, 2.24) is 10.2 Å². The van der Waals surface area contributed by atoms with Crippen molar-refractivity contribution in [3.8, 4) is 0 Å². The molecule has 0 amide bonds. The maximum atomic E-state index is 6.81. The summed E-state index contributed by atoms with van der Waals surface area (Å²) in [4.78, 5) is 0. The molecule has 0 aliphatic heterocycles. The highest BCUT2D eigenvalue weighted by atomic mass is 15.1. The molecule has 0 atom stereocenters. The Kier molecular flexibility index (Phi) is 0.199. The Morgan fingerprint density at radius 3 is 3.40 bits per heavy atom. The molecule has 1 aromatic heterocycles. The molecular formula is C3H4N2. The van der Waals surface area contributed by atoms with E-state index in [1.807, 2.05) is 0 Å². The Hall–Kier alpha value is -0.790. The van der Waals surface area contributed by atoms with Gasteiger partial charge < -0.3 is 0 Å². The second-order valence-corrected chi connectivity index (χ2v) is 0.656. The fraction of sp³-hybridized carbons (Fsp3) is 0. The van der Waals surface area contributed by atoms with E-state index in [1.54, 1.807) is 0 Å². The van der Waals surface area contributed by atoms with E-state index in [9.17, 15) is 0 Å². The number of nitrogens with one attached hydrogen (secondary N) is 1. The van der Waals surface area contributed by atoms with E-state index in [4.69, 9.17) is 2.78 Å². The zero-order valence-electron chi connectivity index (χ0n) is 4.55. The second-order valence-electron chi connectivity index (χ2n) is 0.656. The topological polar surface area (TPSA) is 28.7 Å². The molecule has 0 radical (unpaired) electrons. The molecule has 0 bridgehead atoms. The average molecular weight is 70.1 g/mol. The Morgan fingerprint density at radius 1 is 2.20 bits per heavy atom. The first-order valence-corrected chi connectivity index (χ1v) is 1.29. The highest BCUT2D eigenvalue weighted by Crippen LogP contribution is 1.64. The number of hydrogen-bond donors (Lipinski definition) is 1. The number of H-pyrrole nitrogens is 1. The van der Waals surface area contributed by atoms with E-state index < -0.39 is 0 Å². The van der Waals surface area contributed by atoms with Gasteiger partial charge >= 0.3 is 0 Å². The third kappa shape index (κ3) is 0.265. The molecule has 1 heterocycles. The van der Waals surface area contributed by atoms with Crippen LogP contribution in [0.3, 0.4) is 0 Å². The maximum absolute atomic E-state index is 6.81. The molecule has 0 aromatic carbocycles. The monoisotopic (exact) mass is 70.1 g/mol. The minimum absolute atomic E-state index is 0.273. The van der Waals surface area contributed by atoms with Crippen LogP contribution in [0.2, 0.25) is 1.41 Å². The molecule has 2 heteroatoms. The first kappa shape index (κ1) is 1.12. The van der Waals surface area contributed by atoms with Gasteiger partial charge in [-0.2, -0.15) is 5.10 Å². The number of hydrogen-bond acceptors (Lipinski definition) is 1. The smallest absolute Gasteiger partial charge is 0.189 e. The van der Waals surface area contributed by atoms with Crippen LogP contribution in [-0.4, -0.2) is 10.2 Å². The van der Waals surface area contributed by atoms with Crippen molar-refractivity contribution in [2.45, 2.75) is 0 Å². The minimum atomic E-state index is 0.273. The molecule has 0 aliphatic rings. The van der Waals surface area contributed by atoms with Crippen LogP contribution >= 0.6 is 0 Å². The molecule has 0 spiro atoms. The van der Waals surface area contributed by atoms with Crippen LogP contribution in [0.25, 0.3) is 0 Å². The number of aromatic nitrogens is 2. The van der Waals surface area contributed by atoms with Crippen LogP contribution in [0.1, 0.15) is 1.37 Å². The fourth-order valence-electron chi connectivity index (χ4n) is 0.167. The summed E-state index contributed by atoms with van der Waals surface area (Å²) in [6, 6.07) is 0.273. The van der Waals surface area contributed by atoms with E-state index in [2.05, 4.69) is 5.10 Å². The van der Waals surface area contributed by atoms with Crippen LogP contribution < -0.4 is 0 Å². The van der Waals surface area contributed by atoms with E-state index >= 15 is 0 Å². The average Bonchev–Trinajstić information content (AvgIpc) is 1.87. The summed E-state index contributed by atoms with van der Waals surface area (Å²) in [5.41, 5.74) is 0. The van der Waals surface area contributed by atoms with Crippen molar-refractivity contribution in [2.24, 2.45) is 0 Å². The van der Waals surface area contributed by atoms with Crippen LogP contribution in [0.4, 0.5) is 0 Å². The standard InChI is InChI=1S/C3H4N2/c1-2-4-5-3-1/h1-3H,(H,4,5)/i1D/hD. The van der Waals surface area contributed by atoms with Gasteiger partial charge in [-0.15, -0.1) is 0 Å². The zero-order chi connectivity index (χ0) is 5.28. The van der Waals surface area contributed by atoms with E-state index in [0.29, 0.717) is 0 Å². The van der Waals surface area contributed by atoms with Gasteiger partial charge in [0.05, 0.1) is 1.37 Å². The van der Waals surface area contributed by atoms with E-state index in [-0.39, 0.29) is 6.04 Å². The van der Waals surface area contributed by atoms with Gasteiger partial charge in [0.25, 0.3) is 0 Å². The third-order valence-electron chi connectivity index (χ3n) is 0.331. The molecule has 26 valence electrons. The molecule has 1 rings (SSSR count). The Morgan fingerprint density at radius 2 is 3.20 bits per heavy atom. The summed E-state index contributed by atoms with van der Waals surface area (Å²) in [6.07, 6.45) is 2.62. The molecule has 0 fully saturated rings. The predicted octanol–water partition coefficient (Wildman–Crippen LogP) is 0.410. The summed E-state index contributed by atoms with van der Waals surface area (Å²) in [6.45, 7) is 0. The van der Waals surface area contributed by atoms with Crippen molar-refractivity contribution in [3.05, 3.63) is 18.4 Å². The first-order valence-electron chi connectivity index (χ1n) is 2.24. The molecule has 1 aromatic rings. The van der Waals surface area contributed by atoms with Gasteiger partial charge in [-0.3, -0.25) is 5.09 Å². The zero-order valence-corrected chi connectivity index (χ0v) is 2.55. The number of rotatable bonds is 0. The van der Waals surface area contributed by atoms with E-state index in [1.165, 1.54) is 12.4 Å². The Bertz CT molecular complexity index is 143. The van der Waals surface area contributed by atoms with Crippen molar-refractivity contribution in [1.29, 1.82) is 0 Å². The fourth-order valence-corrected chi connectivity index (χ4v) is 0.167. The van der Waals surface area contributed by atoms with Crippen molar-refractivity contribution in [2.75, 3.05) is 0 Å². The molecule has 0 saturated heterocycles. The van der Waals surface area contributed by atoms with Gasteiger partial charge in [0, 0.05) is 12.4 Å². The summed E-state index contributed by atoms with van der Waals surface area (Å²) in [5.74, 6) is 0. The van der Waals surface area contributed by atoms with Gasteiger partial charge in [-0.25, -0.2) is 0 Å². The Labute approximate surface area is 32.7 Å². The van der Waals surface area contributed by atoms with Crippen molar-refractivity contribution >= 4 is 0 Å². The Balaban J connectivity index is 3.04. The lowest BCUT2D eigenvalue weighted by Crippen LogP contribution is -1.53. The van der Waals surface area contributed by atoms with Crippen LogP contribution in [0.5, 0.6) is 0 Å². The van der Waals surface area contributed by atoms with Gasteiger partial charge in [0.15, 0.2) is 1.41 Å². The maximum Gasteiger partial charge on any atom is 0.189 e. The first-order chi connectivity index (χ1) is 3.29. The van der Waals surface area contributed by atoms with Gasteiger partial charge in [0.2, 0.25) is 0 Å². The number of nitrogens with zero attached hydrogens (tertiary/aromatic N) is 1. The lowest BCUT2D eigenvalue weighted by Gasteiger charge is -1.49. The molecule has 0 unspecified atom stereocenters. The predicted molar refractivity (Wildman–Crippen MR) is 18.6 cm³/mol. The van der Waals surface area contributed by atoms with Gasteiger partial charge in [0.1, 0.15) is 0 Å². The molecular weight excluding hydrogens is 64.0 g/mol. The molecule has 1 N–H and O–H groups in total. The van der Waals surface area contributed by atoms with Crippen molar-refractivity contribution < 1.29 is 2.78 Å². The normalized spacial score (nSPS) is 13.6. The largest absolute Gasteiger partial charge is 0.286 e.